The first-order valence-corrected chi connectivity index (χ1v) is 11.1. The van der Waals surface area contributed by atoms with Crippen LogP contribution in [0, 0.1) is 17.8 Å². The first-order valence-electron chi connectivity index (χ1n) is 11.1. The van der Waals surface area contributed by atoms with Gasteiger partial charge in [0.25, 0.3) is 0 Å². The van der Waals surface area contributed by atoms with Crippen LogP contribution in [0.2, 0.25) is 0 Å². The number of carbonyl (C=O) groups is 2. The van der Waals surface area contributed by atoms with Gasteiger partial charge < -0.3 is 25.6 Å². The maximum absolute atomic E-state index is 12.2. The standard InChI is InChI=1S/C22H40N4O3/c1-14-17-11-16(21(3,4)24-14)12-18-19(7-9-23-20(28)13-26(5)6)29-10-8-22(17,18)25-15(2)27/h14,16-19,24H,7-13H2,1-6H3,(H,23,28)(H,25,27)/t14-,16?,17?,18+,19+,22+/m1/s1. The van der Waals surface area contributed by atoms with Crippen molar-refractivity contribution >= 4 is 11.8 Å². The number of hydrogen-bond acceptors (Lipinski definition) is 5. The number of carbonyl (C=O) groups excluding carboxylic acids is 2. The van der Waals surface area contributed by atoms with Crippen molar-refractivity contribution in [3.63, 3.8) is 0 Å². The van der Waals surface area contributed by atoms with Crippen molar-refractivity contribution in [3.05, 3.63) is 0 Å². The highest BCUT2D eigenvalue weighted by molar-refractivity contribution is 5.77. The van der Waals surface area contributed by atoms with Crippen LogP contribution < -0.4 is 16.0 Å². The summed E-state index contributed by atoms with van der Waals surface area (Å²) < 4.78 is 6.25. The summed E-state index contributed by atoms with van der Waals surface area (Å²) in [6, 6.07) is 0.342. The molecule has 2 unspecified atom stereocenters. The molecule has 1 saturated carbocycles. The molecule has 166 valence electrons. The molecule has 1 aliphatic carbocycles. The summed E-state index contributed by atoms with van der Waals surface area (Å²) in [4.78, 5) is 26.1. The van der Waals surface area contributed by atoms with Gasteiger partial charge in [0.1, 0.15) is 0 Å². The van der Waals surface area contributed by atoms with Crippen molar-refractivity contribution in [1.29, 1.82) is 0 Å². The van der Waals surface area contributed by atoms with E-state index in [1.807, 2.05) is 19.0 Å². The molecule has 3 N–H and O–H groups in total. The Morgan fingerprint density at radius 1 is 1.21 bits per heavy atom. The number of ether oxygens (including phenoxy) is 1. The summed E-state index contributed by atoms with van der Waals surface area (Å²) in [6.07, 6.45) is 3.89. The van der Waals surface area contributed by atoms with E-state index in [0.717, 1.165) is 25.7 Å². The third-order valence-electron chi connectivity index (χ3n) is 7.54. The predicted octanol–water partition coefficient (Wildman–Crippen LogP) is 1.13. The molecule has 0 aromatic heterocycles. The lowest BCUT2D eigenvalue weighted by atomic mass is 9.52. The third kappa shape index (κ3) is 4.62. The highest BCUT2D eigenvalue weighted by atomic mass is 16.5. The number of nitrogens with one attached hydrogen (secondary N) is 3. The monoisotopic (exact) mass is 408 g/mol. The van der Waals surface area contributed by atoms with Crippen LogP contribution in [-0.4, -0.2) is 73.7 Å². The minimum absolute atomic E-state index is 0.0402. The molecule has 7 nitrogen and oxygen atoms in total. The zero-order valence-electron chi connectivity index (χ0n) is 19.0. The molecular formula is C22H40N4O3. The quantitative estimate of drug-likeness (QED) is 0.614. The van der Waals surface area contributed by atoms with Gasteiger partial charge in [-0.25, -0.2) is 0 Å². The Morgan fingerprint density at radius 2 is 1.90 bits per heavy atom. The van der Waals surface area contributed by atoms with E-state index in [0.29, 0.717) is 37.6 Å². The highest BCUT2D eigenvalue weighted by Crippen LogP contribution is 2.54. The van der Waals surface area contributed by atoms with Crippen molar-refractivity contribution < 1.29 is 14.3 Å². The second-order valence-corrected chi connectivity index (χ2v) is 10.3. The van der Waals surface area contributed by atoms with Crippen LogP contribution in [0.4, 0.5) is 0 Å². The van der Waals surface area contributed by atoms with E-state index in [-0.39, 0.29) is 34.9 Å². The van der Waals surface area contributed by atoms with Crippen molar-refractivity contribution in [2.24, 2.45) is 17.8 Å². The number of hydrogen-bond donors (Lipinski definition) is 3. The van der Waals surface area contributed by atoms with Crippen LogP contribution in [0.25, 0.3) is 0 Å². The Balaban J connectivity index is 1.78. The molecule has 0 aromatic rings. The van der Waals surface area contributed by atoms with Gasteiger partial charge in [0.15, 0.2) is 0 Å². The Labute approximate surface area is 175 Å². The summed E-state index contributed by atoms with van der Waals surface area (Å²) in [5.74, 6) is 1.32. The number of piperidine rings is 1. The van der Waals surface area contributed by atoms with Crippen molar-refractivity contribution in [2.45, 2.75) is 76.6 Å². The summed E-state index contributed by atoms with van der Waals surface area (Å²) in [6.45, 7) is 10.2. The molecule has 2 saturated heterocycles. The lowest BCUT2D eigenvalue weighted by Gasteiger charge is -2.63. The molecule has 2 amide bonds. The normalized spacial score (nSPS) is 38.2. The van der Waals surface area contributed by atoms with Gasteiger partial charge in [-0.1, -0.05) is 0 Å². The van der Waals surface area contributed by atoms with Gasteiger partial charge >= 0.3 is 0 Å². The number of nitrogens with zero attached hydrogens (tertiary/aromatic N) is 1. The molecule has 3 fully saturated rings. The Bertz CT molecular complexity index is 623. The summed E-state index contributed by atoms with van der Waals surface area (Å²) in [5, 5.41) is 10.3. The van der Waals surface area contributed by atoms with Gasteiger partial charge in [0.05, 0.1) is 18.2 Å². The minimum Gasteiger partial charge on any atom is -0.378 e. The second kappa shape index (κ2) is 8.52. The maximum atomic E-state index is 12.2. The number of fused-ring (bicyclic) bond motifs is 4. The summed E-state index contributed by atoms with van der Waals surface area (Å²) >= 11 is 0. The fourth-order valence-electron chi connectivity index (χ4n) is 6.36. The smallest absolute Gasteiger partial charge is 0.234 e. The van der Waals surface area contributed by atoms with Gasteiger partial charge in [-0.3, -0.25) is 9.59 Å². The van der Waals surface area contributed by atoms with Crippen LogP contribution in [0.3, 0.4) is 0 Å². The average Bonchev–Trinajstić information content (AvgIpc) is 2.58. The molecule has 0 radical (unpaired) electrons. The lowest BCUT2D eigenvalue weighted by Crippen LogP contribution is -2.75. The molecular weight excluding hydrogens is 368 g/mol. The largest absolute Gasteiger partial charge is 0.378 e. The van der Waals surface area contributed by atoms with Crippen molar-refractivity contribution in [1.82, 2.24) is 20.9 Å². The number of likely N-dealkylation sites (N-methyl/N-ethyl adjacent to an activating group) is 1. The van der Waals surface area contributed by atoms with E-state index in [2.05, 4.69) is 36.7 Å². The van der Waals surface area contributed by atoms with Crippen molar-refractivity contribution in [3.8, 4) is 0 Å². The van der Waals surface area contributed by atoms with Crippen LogP contribution in [0.15, 0.2) is 0 Å². The lowest BCUT2D eigenvalue weighted by molar-refractivity contribution is -0.160. The zero-order valence-corrected chi connectivity index (χ0v) is 19.0. The molecule has 0 spiro atoms. The van der Waals surface area contributed by atoms with Crippen LogP contribution >= 0.6 is 0 Å². The van der Waals surface area contributed by atoms with Crippen molar-refractivity contribution in [2.75, 3.05) is 33.8 Å². The first-order chi connectivity index (χ1) is 13.5. The van der Waals surface area contributed by atoms with Crippen LogP contribution in [-0.2, 0) is 14.3 Å². The molecule has 29 heavy (non-hydrogen) atoms. The Hall–Kier alpha value is -1.18. The molecule has 6 atom stereocenters. The Kier molecular flexibility index (Phi) is 6.61. The number of amides is 2. The van der Waals surface area contributed by atoms with E-state index in [1.54, 1.807) is 6.92 Å². The van der Waals surface area contributed by atoms with Gasteiger partial charge in [-0.15, -0.1) is 0 Å². The highest BCUT2D eigenvalue weighted by Gasteiger charge is 2.60. The fraction of sp³-hybridized carbons (Fsp3) is 0.909. The minimum atomic E-state index is -0.220. The third-order valence-corrected chi connectivity index (χ3v) is 7.54. The molecule has 3 rings (SSSR count). The summed E-state index contributed by atoms with van der Waals surface area (Å²) in [5.41, 5.74) is -0.137. The second-order valence-electron chi connectivity index (χ2n) is 10.3. The molecule has 2 heterocycles. The summed E-state index contributed by atoms with van der Waals surface area (Å²) in [7, 11) is 3.78. The molecule has 3 aliphatic rings. The Morgan fingerprint density at radius 3 is 2.55 bits per heavy atom. The topological polar surface area (TPSA) is 82.7 Å². The first kappa shape index (κ1) is 22.5. The molecule has 0 aromatic carbocycles. The van der Waals surface area contributed by atoms with E-state index in [4.69, 9.17) is 4.74 Å². The molecule has 2 aliphatic heterocycles. The maximum Gasteiger partial charge on any atom is 0.234 e. The van der Waals surface area contributed by atoms with Gasteiger partial charge in [-0.2, -0.15) is 0 Å². The molecule has 2 bridgehead atoms. The van der Waals surface area contributed by atoms with Crippen LogP contribution in [0.1, 0.15) is 53.4 Å². The van der Waals surface area contributed by atoms with E-state index >= 15 is 0 Å². The van der Waals surface area contributed by atoms with Gasteiger partial charge in [0.2, 0.25) is 11.8 Å². The SMILES string of the molecule is CC(=O)N[C@]12CCO[C@@H](CCNC(=O)CN(C)C)[C@@H]1CC1CC2[C@@H](C)NC1(C)C. The predicted molar refractivity (Wildman–Crippen MR) is 113 cm³/mol. The van der Waals surface area contributed by atoms with E-state index in [1.165, 1.54) is 0 Å². The van der Waals surface area contributed by atoms with Crippen LogP contribution in [0.5, 0.6) is 0 Å². The van der Waals surface area contributed by atoms with E-state index < -0.39 is 0 Å². The number of rotatable bonds is 6. The fourth-order valence-corrected chi connectivity index (χ4v) is 6.36. The molecule has 7 heteroatoms. The average molecular weight is 409 g/mol. The van der Waals surface area contributed by atoms with E-state index in [9.17, 15) is 9.59 Å². The van der Waals surface area contributed by atoms with Gasteiger partial charge in [0, 0.05) is 37.6 Å². The van der Waals surface area contributed by atoms with Gasteiger partial charge in [-0.05, 0) is 72.4 Å². The zero-order chi connectivity index (χ0) is 21.4.